The highest BCUT2D eigenvalue weighted by Crippen LogP contribution is 2.49. The predicted molar refractivity (Wildman–Crippen MR) is 126 cm³/mol. The molecule has 0 spiro atoms. The van der Waals surface area contributed by atoms with E-state index in [2.05, 4.69) is 92.3 Å². The van der Waals surface area contributed by atoms with Gasteiger partial charge in [-0.05, 0) is 58.5 Å². The first-order valence-corrected chi connectivity index (χ1v) is 11.3. The third-order valence-corrected chi connectivity index (χ3v) is 6.75. The Balaban J connectivity index is 1.99. The van der Waals surface area contributed by atoms with Crippen LogP contribution in [0.4, 0.5) is 11.4 Å². The van der Waals surface area contributed by atoms with Gasteiger partial charge in [-0.1, -0.05) is 49.1 Å². The molecule has 3 nitrogen and oxygen atoms in total. The largest absolute Gasteiger partial charge is 0.376 e. The summed E-state index contributed by atoms with van der Waals surface area (Å²) in [5.74, 6) is 0. The van der Waals surface area contributed by atoms with Crippen LogP contribution in [0.5, 0.6) is 0 Å². The Morgan fingerprint density at radius 1 is 1.11 bits per heavy atom. The van der Waals surface area contributed by atoms with E-state index >= 15 is 0 Å². The lowest BCUT2D eigenvalue weighted by molar-refractivity contribution is 0.260. The van der Waals surface area contributed by atoms with Gasteiger partial charge in [-0.3, -0.25) is 0 Å². The molecule has 1 aliphatic rings. The van der Waals surface area contributed by atoms with E-state index in [4.69, 9.17) is 12.2 Å². The highest BCUT2D eigenvalue weighted by Gasteiger charge is 2.28. The number of nitrogens with zero attached hydrogens (tertiary/aromatic N) is 2. The van der Waals surface area contributed by atoms with Crippen molar-refractivity contribution in [2.24, 2.45) is 0 Å². The Hall–Kier alpha value is -1.56. The number of hydrogen-bond acceptors (Lipinski definition) is 4. The maximum absolute atomic E-state index is 5.63. The lowest BCUT2D eigenvalue weighted by Gasteiger charge is -2.39. The van der Waals surface area contributed by atoms with Gasteiger partial charge in [0.1, 0.15) is 4.99 Å². The molecule has 1 N–H and O–H groups in total. The summed E-state index contributed by atoms with van der Waals surface area (Å²) >= 11 is 7.48. The minimum Gasteiger partial charge on any atom is -0.376 e. The summed E-state index contributed by atoms with van der Waals surface area (Å²) in [6.45, 7) is 10.9. The second-order valence-corrected chi connectivity index (χ2v) is 9.25. The molecule has 1 heterocycles. The van der Waals surface area contributed by atoms with Crippen molar-refractivity contribution in [1.29, 1.82) is 0 Å². The highest BCUT2D eigenvalue weighted by atomic mass is 32.2. The van der Waals surface area contributed by atoms with Crippen LogP contribution in [0.25, 0.3) is 0 Å². The highest BCUT2D eigenvalue weighted by molar-refractivity contribution is 7.99. The molecule has 5 heteroatoms. The molecule has 0 aliphatic carbocycles. The fourth-order valence-electron chi connectivity index (χ4n) is 3.45. The van der Waals surface area contributed by atoms with E-state index in [0.29, 0.717) is 12.1 Å². The third kappa shape index (κ3) is 4.53. The Morgan fingerprint density at radius 2 is 1.82 bits per heavy atom. The minimum absolute atomic E-state index is 0.348. The molecule has 0 saturated carbocycles. The molecule has 0 radical (unpaired) electrons. The van der Waals surface area contributed by atoms with Crippen LogP contribution in [0.15, 0.2) is 52.3 Å². The molecule has 1 atom stereocenters. The zero-order valence-corrected chi connectivity index (χ0v) is 19.2. The Morgan fingerprint density at radius 3 is 2.54 bits per heavy atom. The van der Waals surface area contributed by atoms with E-state index in [1.807, 2.05) is 11.8 Å². The van der Waals surface area contributed by atoms with E-state index in [1.54, 1.807) is 0 Å². The van der Waals surface area contributed by atoms with Gasteiger partial charge in [0, 0.05) is 40.5 Å². The zero-order valence-electron chi connectivity index (χ0n) is 17.5. The molecule has 1 aliphatic heterocycles. The van der Waals surface area contributed by atoms with Crippen LogP contribution in [0.2, 0.25) is 0 Å². The van der Waals surface area contributed by atoms with Crippen molar-refractivity contribution in [3.05, 3.63) is 48.0 Å². The standard InChI is InChI=1S/C23H31N3S2/c1-6-13-24-23(27)18-11-12-22-20(14-18)26(17(4)15-25(5)16(2)3)19-9-7-8-10-21(19)28-22/h7-12,14,16-17H,6,13,15H2,1-5H3,(H,24,27)/t17-/m1/s1. The summed E-state index contributed by atoms with van der Waals surface area (Å²) < 4.78 is 0. The van der Waals surface area contributed by atoms with Crippen LogP contribution >= 0.6 is 24.0 Å². The Kier molecular flexibility index (Phi) is 7.02. The first-order chi connectivity index (χ1) is 13.4. The Bertz CT molecular complexity index is 834. The van der Waals surface area contributed by atoms with Gasteiger partial charge in [-0.2, -0.15) is 0 Å². The zero-order chi connectivity index (χ0) is 20.3. The van der Waals surface area contributed by atoms with E-state index in [-0.39, 0.29) is 0 Å². The fraction of sp³-hybridized carbons (Fsp3) is 0.435. The summed E-state index contributed by atoms with van der Waals surface area (Å²) in [6, 6.07) is 16.2. The van der Waals surface area contributed by atoms with Gasteiger partial charge in [0.05, 0.1) is 11.4 Å². The molecule has 2 aromatic carbocycles. The molecular weight excluding hydrogens is 382 g/mol. The van der Waals surface area contributed by atoms with E-state index < -0.39 is 0 Å². The van der Waals surface area contributed by atoms with Crippen LogP contribution in [0.3, 0.4) is 0 Å². The molecule has 28 heavy (non-hydrogen) atoms. The van der Waals surface area contributed by atoms with Crippen molar-refractivity contribution in [3.63, 3.8) is 0 Å². The van der Waals surface area contributed by atoms with Crippen LogP contribution < -0.4 is 10.2 Å². The van der Waals surface area contributed by atoms with Crippen molar-refractivity contribution in [2.75, 3.05) is 25.0 Å². The number of fused-ring (bicyclic) bond motifs is 2. The van der Waals surface area contributed by atoms with Gasteiger partial charge in [0.15, 0.2) is 0 Å². The maximum atomic E-state index is 5.63. The van der Waals surface area contributed by atoms with Crippen LogP contribution in [-0.4, -0.2) is 42.1 Å². The molecule has 0 amide bonds. The summed E-state index contributed by atoms with van der Waals surface area (Å²) in [4.78, 5) is 8.34. The molecule has 0 bridgehead atoms. The molecule has 150 valence electrons. The van der Waals surface area contributed by atoms with Gasteiger partial charge < -0.3 is 15.1 Å². The average Bonchev–Trinajstić information content (AvgIpc) is 2.69. The smallest absolute Gasteiger partial charge is 0.106 e. The molecule has 3 rings (SSSR count). The first-order valence-electron chi connectivity index (χ1n) is 10.1. The molecule has 0 saturated heterocycles. The number of likely N-dealkylation sites (N-methyl/N-ethyl adjacent to an activating group) is 1. The molecule has 0 unspecified atom stereocenters. The summed E-state index contributed by atoms with van der Waals surface area (Å²) in [7, 11) is 2.20. The summed E-state index contributed by atoms with van der Waals surface area (Å²) in [5, 5.41) is 3.36. The van der Waals surface area contributed by atoms with Crippen LogP contribution in [0.1, 0.15) is 39.7 Å². The van der Waals surface area contributed by atoms with Crippen molar-refractivity contribution < 1.29 is 0 Å². The van der Waals surface area contributed by atoms with E-state index in [9.17, 15) is 0 Å². The van der Waals surface area contributed by atoms with Crippen molar-refractivity contribution >= 4 is 40.3 Å². The van der Waals surface area contributed by atoms with E-state index in [1.165, 1.54) is 21.2 Å². The lowest BCUT2D eigenvalue weighted by atomic mass is 10.1. The number of hydrogen-bond donors (Lipinski definition) is 1. The topological polar surface area (TPSA) is 18.5 Å². The summed E-state index contributed by atoms with van der Waals surface area (Å²) in [5.41, 5.74) is 3.64. The number of thiocarbonyl (C=S) groups is 1. The maximum Gasteiger partial charge on any atom is 0.106 e. The molecule has 0 fully saturated rings. The van der Waals surface area contributed by atoms with E-state index in [0.717, 1.165) is 30.1 Å². The SMILES string of the molecule is CCCNC(=S)c1ccc2c(c1)N([C@H](C)CN(C)C(C)C)c1ccccc1S2. The van der Waals surface area contributed by atoms with Crippen molar-refractivity contribution in [1.82, 2.24) is 10.2 Å². The second kappa shape index (κ2) is 9.29. The third-order valence-electron chi connectivity index (χ3n) is 5.24. The normalized spacial score (nSPS) is 14.0. The molecular formula is C23H31N3S2. The monoisotopic (exact) mass is 413 g/mol. The molecule has 2 aromatic rings. The van der Waals surface area contributed by atoms with Gasteiger partial charge in [-0.25, -0.2) is 0 Å². The van der Waals surface area contributed by atoms with Gasteiger partial charge in [-0.15, -0.1) is 0 Å². The number of nitrogens with one attached hydrogen (secondary N) is 1. The first kappa shape index (κ1) is 21.2. The average molecular weight is 414 g/mol. The quantitative estimate of drug-likeness (QED) is 0.586. The van der Waals surface area contributed by atoms with Gasteiger partial charge in [0.25, 0.3) is 0 Å². The number of rotatable bonds is 7. The van der Waals surface area contributed by atoms with Gasteiger partial charge >= 0.3 is 0 Å². The van der Waals surface area contributed by atoms with Crippen LogP contribution in [-0.2, 0) is 0 Å². The minimum atomic E-state index is 0.348. The number of benzene rings is 2. The summed E-state index contributed by atoms with van der Waals surface area (Å²) in [6.07, 6.45) is 1.07. The van der Waals surface area contributed by atoms with Crippen molar-refractivity contribution in [3.8, 4) is 0 Å². The van der Waals surface area contributed by atoms with Gasteiger partial charge in [0.2, 0.25) is 0 Å². The second-order valence-electron chi connectivity index (χ2n) is 7.76. The Labute approximate surface area is 179 Å². The van der Waals surface area contributed by atoms with Crippen LogP contribution in [0, 0.1) is 0 Å². The number of para-hydroxylation sites is 1. The fourth-order valence-corrected chi connectivity index (χ4v) is 4.73. The molecule has 0 aromatic heterocycles. The predicted octanol–water partition coefficient (Wildman–Crippen LogP) is 5.69. The lowest BCUT2D eigenvalue weighted by Crippen LogP contribution is -2.42. The van der Waals surface area contributed by atoms with Crippen molar-refractivity contribution in [2.45, 2.75) is 56.0 Å². The number of anilines is 2.